The molecule has 142 valence electrons. The third-order valence-electron chi connectivity index (χ3n) is 4.85. The summed E-state index contributed by atoms with van der Waals surface area (Å²) in [5, 5.41) is 0. The van der Waals surface area contributed by atoms with E-state index >= 15 is 0 Å². The van der Waals surface area contributed by atoms with Gasteiger partial charge in [-0.25, -0.2) is 4.99 Å². The lowest BCUT2D eigenvalue weighted by Crippen LogP contribution is -2.42. The van der Waals surface area contributed by atoms with Crippen LogP contribution in [0.4, 0.5) is 0 Å². The molecule has 5 atom stereocenters. The second-order valence-corrected chi connectivity index (χ2v) is 7.22. The molecule has 3 aliphatic rings. The van der Waals surface area contributed by atoms with E-state index in [2.05, 4.69) is 4.99 Å². The van der Waals surface area contributed by atoms with Crippen LogP contribution in [0.2, 0.25) is 0 Å². The highest BCUT2D eigenvalue weighted by atomic mass is 16.8. The van der Waals surface area contributed by atoms with Crippen molar-refractivity contribution in [1.82, 2.24) is 0 Å². The second-order valence-electron chi connectivity index (χ2n) is 7.22. The summed E-state index contributed by atoms with van der Waals surface area (Å²) in [7, 11) is 1.65. The third-order valence-corrected chi connectivity index (χ3v) is 4.85. The first-order chi connectivity index (χ1) is 12.4. The van der Waals surface area contributed by atoms with Crippen molar-refractivity contribution in [1.29, 1.82) is 0 Å². The zero-order valence-electron chi connectivity index (χ0n) is 15.5. The lowest BCUT2D eigenvalue weighted by Gasteiger charge is -2.26. The van der Waals surface area contributed by atoms with Crippen LogP contribution < -0.4 is 4.74 Å². The van der Waals surface area contributed by atoms with Gasteiger partial charge in [0.25, 0.3) is 0 Å². The van der Waals surface area contributed by atoms with Crippen LogP contribution in [0, 0.1) is 0 Å². The van der Waals surface area contributed by atoms with Crippen LogP contribution >= 0.6 is 0 Å². The van der Waals surface area contributed by atoms with Crippen LogP contribution in [0.25, 0.3) is 0 Å². The van der Waals surface area contributed by atoms with Crippen LogP contribution in [0.5, 0.6) is 5.75 Å². The summed E-state index contributed by atoms with van der Waals surface area (Å²) in [6.07, 6.45) is -1.19. The van der Waals surface area contributed by atoms with Gasteiger partial charge in [0.05, 0.1) is 20.3 Å². The van der Waals surface area contributed by atoms with Gasteiger partial charge in [0, 0.05) is 6.92 Å². The smallest absolute Gasteiger partial charge is 0.227 e. The standard InChI is InChI=1S/C19H25NO6/c1-11-20-15-17(22-9-12-5-7-13(21-4)8-6-12)16(25-18(15)24-11)14-10-23-19(2,3)26-14/h5-8,14-18H,9-10H2,1-4H3/t14?,15?,16-,17?,18+/m1/s1. The first kappa shape index (κ1) is 17.7. The number of aliphatic imine (C=N–C) groups is 1. The van der Waals surface area contributed by atoms with E-state index in [0.717, 1.165) is 11.3 Å². The summed E-state index contributed by atoms with van der Waals surface area (Å²) in [6.45, 7) is 6.53. The van der Waals surface area contributed by atoms with E-state index in [4.69, 9.17) is 28.4 Å². The third kappa shape index (κ3) is 3.44. The monoisotopic (exact) mass is 363 g/mol. The van der Waals surface area contributed by atoms with E-state index in [9.17, 15) is 0 Å². The number of rotatable bonds is 5. The topological polar surface area (TPSA) is 67.7 Å². The largest absolute Gasteiger partial charge is 0.497 e. The van der Waals surface area contributed by atoms with Gasteiger partial charge in [-0.2, -0.15) is 0 Å². The molecule has 0 bridgehead atoms. The fourth-order valence-electron chi connectivity index (χ4n) is 3.59. The molecule has 2 fully saturated rings. The highest BCUT2D eigenvalue weighted by Crippen LogP contribution is 2.37. The van der Waals surface area contributed by atoms with Gasteiger partial charge in [-0.15, -0.1) is 0 Å². The Morgan fingerprint density at radius 3 is 2.65 bits per heavy atom. The van der Waals surface area contributed by atoms with Crippen LogP contribution in [0.3, 0.4) is 0 Å². The summed E-state index contributed by atoms with van der Waals surface area (Å²) in [5.74, 6) is 0.825. The number of hydrogen-bond donors (Lipinski definition) is 0. The Morgan fingerprint density at radius 2 is 2.00 bits per heavy atom. The molecular weight excluding hydrogens is 338 g/mol. The minimum absolute atomic E-state index is 0.189. The molecule has 1 aromatic rings. The van der Waals surface area contributed by atoms with Crippen molar-refractivity contribution in [3.8, 4) is 5.75 Å². The Balaban J connectivity index is 1.47. The minimum Gasteiger partial charge on any atom is -0.497 e. The van der Waals surface area contributed by atoms with E-state index in [-0.39, 0.29) is 24.4 Å². The Bertz CT molecular complexity index is 673. The van der Waals surface area contributed by atoms with Gasteiger partial charge in [0.1, 0.15) is 30.1 Å². The molecule has 0 amide bonds. The molecule has 7 nitrogen and oxygen atoms in total. The van der Waals surface area contributed by atoms with Crippen LogP contribution in [-0.2, 0) is 30.3 Å². The summed E-state index contributed by atoms with van der Waals surface area (Å²) in [5.41, 5.74) is 1.05. The molecular formula is C19H25NO6. The molecule has 0 N–H and O–H groups in total. The summed E-state index contributed by atoms with van der Waals surface area (Å²) in [6, 6.07) is 7.62. The number of fused-ring (bicyclic) bond motifs is 1. The Labute approximate surface area is 153 Å². The zero-order chi connectivity index (χ0) is 18.3. The normalized spacial score (nSPS) is 35.1. The maximum absolute atomic E-state index is 6.23. The lowest BCUT2D eigenvalue weighted by atomic mass is 10.0. The number of benzene rings is 1. The maximum Gasteiger partial charge on any atom is 0.227 e. The number of hydrogen-bond acceptors (Lipinski definition) is 7. The van der Waals surface area contributed by atoms with Gasteiger partial charge >= 0.3 is 0 Å². The van der Waals surface area contributed by atoms with Crippen molar-refractivity contribution < 1.29 is 28.4 Å². The molecule has 0 aliphatic carbocycles. The molecule has 3 heterocycles. The average molecular weight is 363 g/mol. The van der Waals surface area contributed by atoms with Gasteiger partial charge in [-0.3, -0.25) is 0 Å². The van der Waals surface area contributed by atoms with Crippen molar-refractivity contribution in [2.45, 2.75) is 63.8 Å². The highest BCUT2D eigenvalue weighted by molar-refractivity contribution is 5.75. The first-order valence-electron chi connectivity index (χ1n) is 8.88. The highest BCUT2D eigenvalue weighted by Gasteiger charge is 2.55. The molecule has 2 saturated heterocycles. The van der Waals surface area contributed by atoms with Gasteiger partial charge in [0.2, 0.25) is 6.29 Å². The zero-order valence-corrected chi connectivity index (χ0v) is 15.5. The number of ether oxygens (including phenoxy) is 6. The summed E-state index contributed by atoms with van der Waals surface area (Å²) >= 11 is 0. The van der Waals surface area contributed by atoms with Crippen LogP contribution in [0.15, 0.2) is 29.3 Å². The SMILES string of the molecule is COc1ccc(COC2C3N=C(C)O[C@H]3O[C@@H]2C2COC(C)(C)O2)cc1. The van der Waals surface area contributed by atoms with E-state index in [1.165, 1.54) is 0 Å². The fraction of sp³-hybridized carbons (Fsp3) is 0.632. The fourth-order valence-corrected chi connectivity index (χ4v) is 3.59. The van der Waals surface area contributed by atoms with Crippen LogP contribution in [-0.4, -0.2) is 56.0 Å². The van der Waals surface area contributed by atoms with Crippen molar-refractivity contribution in [2.75, 3.05) is 13.7 Å². The van der Waals surface area contributed by atoms with E-state index in [1.54, 1.807) is 7.11 Å². The molecule has 26 heavy (non-hydrogen) atoms. The quantitative estimate of drug-likeness (QED) is 0.800. The van der Waals surface area contributed by atoms with Crippen molar-refractivity contribution in [3.63, 3.8) is 0 Å². The molecule has 7 heteroatoms. The Hall–Kier alpha value is -1.67. The molecule has 3 unspecified atom stereocenters. The van der Waals surface area contributed by atoms with Crippen LogP contribution in [0.1, 0.15) is 26.3 Å². The molecule has 1 aromatic carbocycles. The van der Waals surface area contributed by atoms with Crippen molar-refractivity contribution in [2.24, 2.45) is 4.99 Å². The van der Waals surface area contributed by atoms with Crippen molar-refractivity contribution in [3.05, 3.63) is 29.8 Å². The summed E-state index contributed by atoms with van der Waals surface area (Å²) in [4.78, 5) is 4.56. The van der Waals surface area contributed by atoms with Crippen molar-refractivity contribution >= 4 is 5.90 Å². The molecule has 0 saturated carbocycles. The molecule has 0 aromatic heterocycles. The number of methoxy groups -OCH3 is 1. The average Bonchev–Trinajstić information content (AvgIpc) is 3.25. The predicted octanol–water partition coefficient (Wildman–Crippen LogP) is 2.27. The van der Waals surface area contributed by atoms with Gasteiger partial charge in [-0.1, -0.05) is 12.1 Å². The number of nitrogens with zero attached hydrogens (tertiary/aromatic N) is 1. The molecule has 0 spiro atoms. The van der Waals surface area contributed by atoms with E-state index < -0.39 is 12.1 Å². The maximum atomic E-state index is 6.23. The second kappa shape index (κ2) is 6.81. The molecule has 0 radical (unpaired) electrons. The minimum atomic E-state index is -0.619. The van der Waals surface area contributed by atoms with Gasteiger partial charge < -0.3 is 28.4 Å². The first-order valence-corrected chi connectivity index (χ1v) is 8.88. The molecule has 4 rings (SSSR count). The predicted molar refractivity (Wildman–Crippen MR) is 93.1 cm³/mol. The van der Waals surface area contributed by atoms with Gasteiger partial charge in [0.15, 0.2) is 11.7 Å². The van der Waals surface area contributed by atoms with E-state index in [0.29, 0.717) is 19.1 Å². The van der Waals surface area contributed by atoms with E-state index in [1.807, 2.05) is 45.0 Å². The summed E-state index contributed by atoms with van der Waals surface area (Å²) < 4.78 is 34.9. The Morgan fingerprint density at radius 1 is 1.23 bits per heavy atom. The lowest BCUT2D eigenvalue weighted by molar-refractivity contribution is -0.175. The Kier molecular flexibility index (Phi) is 4.64. The van der Waals surface area contributed by atoms with Gasteiger partial charge in [-0.05, 0) is 31.5 Å². The molecule has 3 aliphatic heterocycles.